The maximum absolute atomic E-state index is 14.4. The third-order valence-corrected chi connectivity index (χ3v) is 4.53. The van der Waals surface area contributed by atoms with E-state index in [2.05, 4.69) is 0 Å². The summed E-state index contributed by atoms with van der Waals surface area (Å²) in [5, 5.41) is 0. The Morgan fingerprint density at radius 1 is 1.33 bits per heavy atom. The van der Waals surface area contributed by atoms with Crippen LogP contribution in [0.15, 0.2) is 0 Å². The number of alkyl halides is 1. The summed E-state index contributed by atoms with van der Waals surface area (Å²) in [7, 11) is 0. The van der Waals surface area contributed by atoms with E-state index >= 15 is 0 Å². The maximum Gasteiger partial charge on any atom is 0.105 e. The minimum atomic E-state index is -0.771. The van der Waals surface area contributed by atoms with Crippen LogP contribution in [0.25, 0.3) is 0 Å². The smallest absolute Gasteiger partial charge is 0.105 e. The molecular formula is C15H28FNO. The average Bonchev–Trinajstić information content (AvgIpc) is 2.28. The lowest BCUT2D eigenvalue weighted by Gasteiger charge is -2.44. The highest BCUT2D eigenvalue weighted by Gasteiger charge is 2.41. The van der Waals surface area contributed by atoms with E-state index < -0.39 is 11.7 Å². The van der Waals surface area contributed by atoms with Crippen LogP contribution in [0.1, 0.15) is 65.2 Å². The number of rotatable bonds is 3. The fourth-order valence-electron chi connectivity index (χ4n) is 3.59. The Labute approximate surface area is 110 Å². The van der Waals surface area contributed by atoms with Gasteiger partial charge < -0.3 is 10.5 Å². The third-order valence-electron chi connectivity index (χ3n) is 4.53. The Hall–Kier alpha value is -0.150. The summed E-state index contributed by atoms with van der Waals surface area (Å²) < 4.78 is 20.4. The maximum atomic E-state index is 14.4. The van der Waals surface area contributed by atoms with Crippen LogP contribution < -0.4 is 5.73 Å². The van der Waals surface area contributed by atoms with Gasteiger partial charge in [0.2, 0.25) is 0 Å². The molecule has 2 unspecified atom stereocenters. The highest BCUT2D eigenvalue weighted by atomic mass is 19.1. The van der Waals surface area contributed by atoms with E-state index in [4.69, 9.17) is 10.5 Å². The number of hydrogen-bond acceptors (Lipinski definition) is 2. The lowest BCUT2D eigenvalue weighted by atomic mass is 9.73. The van der Waals surface area contributed by atoms with Crippen molar-refractivity contribution in [3.05, 3.63) is 0 Å². The second kappa shape index (κ2) is 5.46. The first-order valence-electron chi connectivity index (χ1n) is 7.47. The van der Waals surface area contributed by atoms with Crippen LogP contribution in [-0.4, -0.2) is 23.9 Å². The molecule has 1 heterocycles. The van der Waals surface area contributed by atoms with Gasteiger partial charge in [-0.1, -0.05) is 19.3 Å². The molecule has 0 bridgehead atoms. The molecule has 1 aliphatic carbocycles. The van der Waals surface area contributed by atoms with E-state index in [1.807, 2.05) is 13.8 Å². The molecule has 1 spiro atoms. The van der Waals surface area contributed by atoms with Crippen molar-refractivity contribution in [2.75, 3.05) is 6.61 Å². The molecule has 0 aromatic heterocycles. The average molecular weight is 257 g/mol. The monoisotopic (exact) mass is 257 g/mol. The molecule has 18 heavy (non-hydrogen) atoms. The molecule has 106 valence electrons. The summed E-state index contributed by atoms with van der Waals surface area (Å²) in [6, 6.07) is 0. The third kappa shape index (κ3) is 3.67. The van der Waals surface area contributed by atoms with Gasteiger partial charge in [0, 0.05) is 12.1 Å². The SMILES string of the molecule is CC(C)(N)CC(F)C1CCOC2(CCCCC2)C1. The lowest BCUT2D eigenvalue weighted by Crippen LogP contribution is -2.45. The summed E-state index contributed by atoms with van der Waals surface area (Å²) in [6.45, 7) is 4.56. The molecule has 0 radical (unpaired) electrons. The second-order valence-corrected chi connectivity index (χ2v) is 7.05. The molecule has 3 heteroatoms. The second-order valence-electron chi connectivity index (χ2n) is 7.05. The van der Waals surface area contributed by atoms with Crippen LogP contribution >= 0.6 is 0 Å². The van der Waals surface area contributed by atoms with Gasteiger partial charge in [-0.25, -0.2) is 4.39 Å². The number of nitrogens with two attached hydrogens (primary N) is 1. The van der Waals surface area contributed by atoms with Crippen molar-refractivity contribution in [3.8, 4) is 0 Å². The van der Waals surface area contributed by atoms with Crippen molar-refractivity contribution < 1.29 is 9.13 Å². The van der Waals surface area contributed by atoms with E-state index in [0.29, 0.717) is 6.42 Å². The minimum Gasteiger partial charge on any atom is -0.375 e. The van der Waals surface area contributed by atoms with E-state index in [9.17, 15) is 4.39 Å². The van der Waals surface area contributed by atoms with Gasteiger partial charge >= 0.3 is 0 Å². The molecule has 2 N–H and O–H groups in total. The largest absolute Gasteiger partial charge is 0.375 e. The first kappa shape index (κ1) is 14.3. The van der Waals surface area contributed by atoms with Crippen molar-refractivity contribution >= 4 is 0 Å². The van der Waals surface area contributed by atoms with Gasteiger partial charge in [-0.3, -0.25) is 0 Å². The van der Waals surface area contributed by atoms with Crippen molar-refractivity contribution in [2.24, 2.45) is 11.7 Å². The van der Waals surface area contributed by atoms with Gasteiger partial charge in [-0.15, -0.1) is 0 Å². The molecule has 2 fully saturated rings. The Morgan fingerprint density at radius 3 is 2.61 bits per heavy atom. The number of halogens is 1. The summed E-state index contributed by atoms with van der Waals surface area (Å²) in [5.41, 5.74) is 5.54. The fourth-order valence-corrected chi connectivity index (χ4v) is 3.59. The summed E-state index contributed by atoms with van der Waals surface area (Å²) >= 11 is 0. The standard InChI is InChI=1S/C15H28FNO/c1-14(2,17)11-13(16)12-6-9-18-15(10-12)7-4-3-5-8-15/h12-13H,3-11,17H2,1-2H3. The van der Waals surface area contributed by atoms with Crippen LogP contribution in [0.4, 0.5) is 4.39 Å². The molecule has 1 saturated heterocycles. The zero-order valence-corrected chi connectivity index (χ0v) is 11.9. The van der Waals surface area contributed by atoms with Crippen LogP contribution in [-0.2, 0) is 4.74 Å². The number of ether oxygens (including phenoxy) is 1. The summed E-state index contributed by atoms with van der Waals surface area (Å²) in [5.74, 6) is 0.152. The molecule has 1 aliphatic heterocycles. The van der Waals surface area contributed by atoms with E-state index in [1.165, 1.54) is 19.3 Å². The van der Waals surface area contributed by atoms with Crippen molar-refractivity contribution in [1.29, 1.82) is 0 Å². The number of hydrogen-bond donors (Lipinski definition) is 1. The molecule has 2 nitrogen and oxygen atoms in total. The van der Waals surface area contributed by atoms with Crippen LogP contribution in [0.5, 0.6) is 0 Å². The highest BCUT2D eigenvalue weighted by molar-refractivity contribution is 4.93. The molecule has 2 aliphatic rings. The van der Waals surface area contributed by atoms with Gasteiger partial charge in [-0.2, -0.15) is 0 Å². The van der Waals surface area contributed by atoms with Crippen LogP contribution in [0, 0.1) is 5.92 Å². The van der Waals surface area contributed by atoms with Gasteiger partial charge in [0.15, 0.2) is 0 Å². The predicted octanol–water partition coefficient (Wildman–Crippen LogP) is 3.58. The van der Waals surface area contributed by atoms with Gasteiger partial charge in [0.25, 0.3) is 0 Å². The van der Waals surface area contributed by atoms with E-state index in [0.717, 1.165) is 32.3 Å². The van der Waals surface area contributed by atoms with Gasteiger partial charge in [-0.05, 0) is 51.9 Å². The van der Waals surface area contributed by atoms with Crippen molar-refractivity contribution in [1.82, 2.24) is 0 Å². The topological polar surface area (TPSA) is 35.2 Å². The molecule has 0 aromatic rings. The Balaban J connectivity index is 1.93. The summed E-state index contributed by atoms with van der Waals surface area (Å²) in [4.78, 5) is 0. The van der Waals surface area contributed by atoms with Crippen LogP contribution in [0.2, 0.25) is 0 Å². The molecular weight excluding hydrogens is 229 g/mol. The molecule has 0 amide bonds. The Bertz CT molecular complexity index is 263. The first-order valence-corrected chi connectivity index (χ1v) is 7.47. The minimum absolute atomic E-state index is 0.00421. The van der Waals surface area contributed by atoms with Crippen molar-refractivity contribution in [2.45, 2.75) is 82.5 Å². The predicted molar refractivity (Wildman–Crippen MR) is 72.3 cm³/mol. The zero-order valence-electron chi connectivity index (χ0n) is 11.9. The molecule has 0 aromatic carbocycles. The van der Waals surface area contributed by atoms with E-state index in [-0.39, 0.29) is 11.5 Å². The highest BCUT2D eigenvalue weighted by Crippen LogP contribution is 2.42. The van der Waals surface area contributed by atoms with Crippen LogP contribution in [0.3, 0.4) is 0 Å². The molecule has 2 rings (SSSR count). The van der Waals surface area contributed by atoms with Gasteiger partial charge in [0.1, 0.15) is 6.17 Å². The quantitative estimate of drug-likeness (QED) is 0.838. The molecule has 2 atom stereocenters. The Morgan fingerprint density at radius 2 is 2.00 bits per heavy atom. The normalized spacial score (nSPS) is 30.3. The first-order chi connectivity index (χ1) is 8.40. The zero-order chi connectivity index (χ0) is 13.2. The lowest BCUT2D eigenvalue weighted by molar-refractivity contribution is -0.128. The van der Waals surface area contributed by atoms with E-state index in [1.54, 1.807) is 0 Å². The Kier molecular flexibility index (Phi) is 4.32. The summed E-state index contributed by atoms with van der Waals surface area (Å²) in [6.07, 6.45) is 7.51. The van der Waals surface area contributed by atoms with Gasteiger partial charge in [0.05, 0.1) is 5.60 Å². The fraction of sp³-hybridized carbons (Fsp3) is 1.00. The van der Waals surface area contributed by atoms with Crippen molar-refractivity contribution in [3.63, 3.8) is 0 Å². The molecule has 1 saturated carbocycles.